The number of alkyl halides is 1. The van der Waals surface area contributed by atoms with E-state index in [1.807, 2.05) is 0 Å². The fraction of sp³-hybridized carbons (Fsp3) is 0.600. The van der Waals surface area contributed by atoms with Gasteiger partial charge in [-0.15, -0.1) is 0 Å². The van der Waals surface area contributed by atoms with Crippen LogP contribution in [0.1, 0.15) is 172 Å². The van der Waals surface area contributed by atoms with E-state index < -0.39 is 0 Å². The summed E-state index contributed by atoms with van der Waals surface area (Å²) in [6.45, 7) is 22.6. The van der Waals surface area contributed by atoms with Crippen LogP contribution in [0.25, 0.3) is 0 Å². The SMILES string of the molecule is CC(C)=CCC/C(C)=C/CC/C(C)=C/CC/C=C(\C)CC/C(C)=C/CC/C(C)=C/CC/C(C)=C/CC/C(C)=C/CC/C=C(\C)CBr. The average Bonchev–Trinajstić information content (AvgIpc) is 3.00. The predicted molar refractivity (Wildman–Crippen MR) is 217 cm³/mol. The van der Waals surface area contributed by atoms with Gasteiger partial charge in [0, 0.05) is 5.33 Å². The number of rotatable bonds is 25. The predicted octanol–water partition coefficient (Wildman–Crippen LogP) is 16.2. The van der Waals surface area contributed by atoms with Gasteiger partial charge in [-0.05, 0) is 172 Å². The Morgan fingerprint density at radius 1 is 0.283 bits per heavy atom. The molecular weight excluding hydrogens is 620 g/mol. The van der Waals surface area contributed by atoms with Gasteiger partial charge in [0.05, 0.1) is 0 Å². The highest BCUT2D eigenvalue weighted by atomic mass is 79.9. The van der Waals surface area contributed by atoms with Crippen molar-refractivity contribution in [1.29, 1.82) is 0 Å². The Morgan fingerprint density at radius 2 is 0.500 bits per heavy atom. The van der Waals surface area contributed by atoms with Crippen molar-refractivity contribution in [1.82, 2.24) is 0 Å². The second kappa shape index (κ2) is 29.3. The lowest BCUT2D eigenvalue weighted by molar-refractivity contribution is 0.873. The molecule has 46 heavy (non-hydrogen) atoms. The van der Waals surface area contributed by atoms with Crippen LogP contribution >= 0.6 is 15.9 Å². The zero-order valence-corrected chi connectivity index (χ0v) is 33.7. The van der Waals surface area contributed by atoms with Gasteiger partial charge in [0.2, 0.25) is 0 Å². The van der Waals surface area contributed by atoms with Crippen molar-refractivity contribution < 1.29 is 0 Å². The molecule has 0 N–H and O–H groups in total. The van der Waals surface area contributed by atoms with E-state index in [0.717, 1.165) is 50.3 Å². The van der Waals surface area contributed by atoms with Crippen LogP contribution in [0.4, 0.5) is 0 Å². The molecule has 0 rings (SSSR count). The summed E-state index contributed by atoms with van der Waals surface area (Å²) in [5.41, 5.74) is 13.6. The minimum Gasteiger partial charge on any atom is -0.0880 e. The number of allylic oxidation sites excluding steroid dienone is 18. The third kappa shape index (κ3) is 29.5. The van der Waals surface area contributed by atoms with E-state index in [9.17, 15) is 0 Å². The van der Waals surface area contributed by atoms with Crippen molar-refractivity contribution in [2.45, 2.75) is 172 Å². The van der Waals surface area contributed by atoms with Gasteiger partial charge in [-0.2, -0.15) is 0 Å². The largest absolute Gasteiger partial charge is 0.0880 e. The van der Waals surface area contributed by atoms with Gasteiger partial charge in [0.25, 0.3) is 0 Å². The van der Waals surface area contributed by atoms with Crippen LogP contribution < -0.4 is 0 Å². The van der Waals surface area contributed by atoms with Gasteiger partial charge in [0.1, 0.15) is 0 Å². The Balaban J connectivity index is 4.21. The lowest BCUT2D eigenvalue weighted by Gasteiger charge is -2.05. The van der Waals surface area contributed by atoms with Crippen LogP contribution in [0.3, 0.4) is 0 Å². The molecule has 0 amide bonds. The molecule has 0 aromatic heterocycles. The third-order valence-electron chi connectivity index (χ3n) is 8.65. The normalized spacial score (nSPS) is 14.8. The lowest BCUT2D eigenvalue weighted by atomic mass is 10.0. The monoisotopic (exact) mass is 692 g/mol. The molecule has 0 saturated heterocycles. The molecule has 0 aromatic rings. The minimum absolute atomic E-state index is 0.985. The molecule has 0 bridgehead atoms. The molecule has 0 nitrogen and oxygen atoms in total. The number of hydrogen-bond donors (Lipinski definition) is 0. The number of unbranched alkanes of at least 4 members (excludes halogenated alkanes) is 2. The molecule has 260 valence electrons. The first-order valence-electron chi connectivity index (χ1n) is 18.4. The Bertz CT molecular complexity index is 1100. The molecule has 0 aliphatic carbocycles. The van der Waals surface area contributed by atoms with E-state index in [-0.39, 0.29) is 0 Å². The first kappa shape index (κ1) is 44.1. The van der Waals surface area contributed by atoms with E-state index >= 15 is 0 Å². The van der Waals surface area contributed by atoms with Gasteiger partial charge in [0.15, 0.2) is 0 Å². The zero-order chi connectivity index (χ0) is 34.6. The molecule has 0 spiro atoms. The molecule has 0 aromatic carbocycles. The molecule has 0 fully saturated rings. The summed E-state index contributed by atoms with van der Waals surface area (Å²) in [5.74, 6) is 0. The molecule has 1 heteroatoms. The molecule has 0 atom stereocenters. The standard InChI is InChI=1S/C45H73Br/c1-37(2)20-15-25-40(5)28-16-26-38(3)21-11-12-23-43(8)34-35-44(9)33-19-32-42(7)31-18-30-41(6)29-17-27-39(4)22-13-14-24-45(10)36-46/h20-24,28-29,31,33H,11-19,25-27,30,32,34-36H2,1-10H3/b38-21+,39-22+,40-28+,41-29+,42-31+,43-23+,44-33+,45-24+. The molecular formula is C45H73Br. The van der Waals surface area contributed by atoms with Crippen LogP contribution in [-0.2, 0) is 0 Å². The lowest BCUT2D eigenvalue weighted by Crippen LogP contribution is -1.84. The van der Waals surface area contributed by atoms with Crippen molar-refractivity contribution in [3.05, 3.63) is 105 Å². The maximum atomic E-state index is 3.51. The quantitative estimate of drug-likeness (QED) is 0.0507. The Kier molecular flexibility index (Phi) is 28.1. The van der Waals surface area contributed by atoms with Crippen LogP contribution in [0.2, 0.25) is 0 Å². The van der Waals surface area contributed by atoms with Gasteiger partial charge < -0.3 is 0 Å². The van der Waals surface area contributed by atoms with Gasteiger partial charge >= 0.3 is 0 Å². The second-order valence-corrected chi connectivity index (χ2v) is 14.7. The van der Waals surface area contributed by atoms with Gasteiger partial charge in [-0.1, -0.05) is 121 Å². The molecule has 0 aliphatic rings. The van der Waals surface area contributed by atoms with Crippen molar-refractivity contribution in [3.63, 3.8) is 0 Å². The van der Waals surface area contributed by atoms with Crippen molar-refractivity contribution in [2.75, 3.05) is 5.33 Å². The van der Waals surface area contributed by atoms with Crippen LogP contribution in [0, 0.1) is 0 Å². The van der Waals surface area contributed by atoms with E-state index in [1.54, 1.807) is 0 Å². The highest BCUT2D eigenvalue weighted by Gasteiger charge is 1.97. The third-order valence-corrected chi connectivity index (χ3v) is 9.53. The summed E-state index contributed by atoms with van der Waals surface area (Å²) in [7, 11) is 0. The van der Waals surface area contributed by atoms with Crippen molar-refractivity contribution >= 4 is 15.9 Å². The molecule has 0 heterocycles. The maximum Gasteiger partial charge on any atom is 0.0239 e. The molecule has 0 unspecified atom stereocenters. The highest BCUT2D eigenvalue weighted by Crippen LogP contribution is 2.17. The summed E-state index contributed by atoms with van der Waals surface area (Å²) in [4.78, 5) is 0. The van der Waals surface area contributed by atoms with Crippen molar-refractivity contribution in [3.8, 4) is 0 Å². The van der Waals surface area contributed by atoms with Crippen molar-refractivity contribution in [2.24, 2.45) is 0 Å². The average molecular weight is 694 g/mol. The number of halogens is 1. The summed E-state index contributed by atoms with van der Waals surface area (Å²) in [5, 5.41) is 0.985. The maximum absolute atomic E-state index is 3.51. The van der Waals surface area contributed by atoms with Gasteiger partial charge in [-0.3, -0.25) is 0 Å². The minimum atomic E-state index is 0.985. The first-order valence-corrected chi connectivity index (χ1v) is 19.5. The van der Waals surface area contributed by atoms with Crippen LogP contribution in [0.15, 0.2) is 105 Å². The summed E-state index contributed by atoms with van der Waals surface area (Å²) >= 11 is 3.51. The van der Waals surface area contributed by atoms with E-state index in [2.05, 4.69) is 140 Å². The summed E-state index contributed by atoms with van der Waals surface area (Å²) in [6.07, 6.45) is 40.6. The zero-order valence-electron chi connectivity index (χ0n) is 32.1. The molecule has 0 saturated carbocycles. The topological polar surface area (TPSA) is 0 Å². The van der Waals surface area contributed by atoms with E-state index in [1.165, 1.54) is 108 Å². The molecule has 0 radical (unpaired) electrons. The summed E-state index contributed by atoms with van der Waals surface area (Å²) in [6, 6.07) is 0. The highest BCUT2D eigenvalue weighted by molar-refractivity contribution is 9.09. The number of hydrogen-bond acceptors (Lipinski definition) is 0. The Morgan fingerprint density at radius 3 is 0.761 bits per heavy atom. The Labute approximate surface area is 296 Å². The molecule has 0 aliphatic heterocycles. The van der Waals surface area contributed by atoms with E-state index in [0.29, 0.717) is 0 Å². The fourth-order valence-electron chi connectivity index (χ4n) is 5.26. The van der Waals surface area contributed by atoms with Crippen LogP contribution in [0.5, 0.6) is 0 Å². The first-order chi connectivity index (χ1) is 21.9. The smallest absolute Gasteiger partial charge is 0.0239 e. The van der Waals surface area contributed by atoms with E-state index in [4.69, 9.17) is 0 Å². The van der Waals surface area contributed by atoms with Gasteiger partial charge in [-0.25, -0.2) is 0 Å². The van der Waals surface area contributed by atoms with Crippen LogP contribution in [-0.4, -0.2) is 5.33 Å². The second-order valence-electron chi connectivity index (χ2n) is 14.2. The fourth-order valence-corrected chi connectivity index (χ4v) is 5.48. The summed E-state index contributed by atoms with van der Waals surface area (Å²) < 4.78 is 0. The Hall–Kier alpha value is -1.86.